The van der Waals surface area contributed by atoms with Crippen LogP contribution in [0.1, 0.15) is 39.0 Å². The molecule has 43 heavy (non-hydrogen) atoms. The van der Waals surface area contributed by atoms with Crippen molar-refractivity contribution < 1.29 is 46.2 Å². The van der Waals surface area contributed by atoms with E-state index in [1.165, 1.54) is 27.4 Å². The number of sulfonamides is 1. The number of amides is 1. The van der Waals surface area contributed by atoms with Gasteiger partial charge in [0.15, 0.2) is 5.75 Å². The van der Waals surface area contributed by atoms with Gasteiger partial charge in [-0.2, -0.15) is 0 Å². The van der Waals surface area contributed by atoms with Gasteiger partial charge in [0.2, 0.25) is 33.1 Å². The van der Waals surface area contributed by atoms with Gasteiger partial charge >= 0.3 is 0 Å². The highest BCUT2D eigenvalue weighted by Gasteiger charge is 2.63. The standard InChI is InChI=1S/C29H29ClN2O10S/c1-14-11-19-22(27(34)29(14)28(35)23-18(39-3)13-20(40-4)24(30)26(23)42-29)17(12-21(33)32-9-10-43(31,36)37)25(41-19)15-5-7-16(38-2)8-6-15/h5-8,13-14H,9-12H2,1-4H3,(H,32,33)(H2,31,36,37)/t14-,29+/m1/s1. The molecule has 1 amide bonds. The van der Waals surface area contributed by atoms with E-state index in [9.17, 15) is 22.8 Å². The van der Waals surface area contributed by atoms with Gasteiger partial charge in [-0.1, -0.05) is 18.5 Å². The number of carbonyl (C=O) groups is 3. The summed E-state index contributed by atoms with van der Waals surface area (Å²) in [5.74, 6) is -1.70. The van der Waals surface area contributed by atoms with Gasteiger partial charge in [0.25, 0.3) is 0 Å². The van der Waals surface area contributed by atoms with Crippen molar-refractivity contribution in [3.05, 3.63) is 57.8 Å². The predicted molar refractivity (Wildman–Crippen MR) is 155 cm³/mol. The van der Waals surface area contributed by atoms with Crippen LogP contribution in [-0.2, 0) is 27.7 Å². The Morgan fingerprint density at radius 2 is 1.72 bits per heavy atom. The van der Waals surface area contributed by atoms with Crippen LogP contribution in [0.5, 0.6) is 23.0 Å². The smallest absolute Gasteiger partial charge is 0.237 e. The van der Waals surface area contributed by atoms with E-state index in [4.69, 9.17) is 40.1 Å². The maximum atomic E-state index is 14.5. The van der Waals surface area contributed by atoms with E-state index in [1.54, 1.807) is 31.2 Å². The summed E-state index contributed by atoms with van der Waals surface area (Å²) in [5.41, 5.74) is -1.20. The van der Waals surface area contributed by atoms with Crippen LogP contribution in [0.3, 0.4) is 0 Å². The summed E-state index contributed by atoms with van der Waals surface area (Å²) in [7, 11) is 0.471. The van der Waals surface area contributed by atoms with Crippen LogP contribution in [0.4, 0.5) is 0 Å². The van der Waals surface area contributed by atoms with E-state index in [2.05, 4.69) is 5.32 Å². The van der Waals surface area contributed by atoms with Gasteiger partial charge in [0.05, 0.1) is 39.1 Å². The number of Topliss-reactive ketones (excluding diaryl/α,β-unsaturated/α-hetero) is 2. The van der Waals surface area contributed by atoms with E-state index in [1.807, 2.05) is 0 Å². The van der Waals surface area contributed by atoms with E-state index in [-0.39, 0.29) is 69.9 Å². The number of fused-ring (bicyclic) bond motifs is 2. The summed E-state index contributed by atoms with van der Waals surface area (Å²) in [6.45, 7) is 1.46. The summed E-state index contributed by atoms with van der Waals surface area (Å²) in [4.78, 5) is 41.7. The average molecular weight is 633 g/mol. The van der Waals surface area contributed by atoms with Crippen molar-refractivity contribution in [2.24, 2.45) is 11.1 Å². The van der Waals surface area contributed by atoms with E-state index in [0.29, 0.717) is 11.3 Å². The second-order valence-electron chi connectivity index (χ2n) is 10.2. The Balaban J connectivity index is 1.62. The van der Waals surface area contributed by atoms with Crippen molar-refractivity contribution in [1.29, 1.82) is 0 Å². The number of ether oxygens (including phenoxy) is 4. The number of benzene rings is 2. The topological polar surface area (TPSA) is 173 Å². The van der Waals surface area contributed by atoms with Crippen molar-refractivity contribution in [3.8, 4) is 34.3 Å². The second-order valence-corrected chi connectivity index (χ2v) is 12.3. The molecule has 1 spiro atoms. The number of methoxy groups -OCH3 is 3. The van der Waals surface area contributed by atoms with E-state index in [0.717, 1.165) is 0 Å². The van der Waals surface area contributed by atoms with Crippen LogP contribution in [0.2, 0.25) is 5.02 Å². The largest absolute Gasteiger partial charge is 0.497 e. The van der Waals surface area contributed by atoms with Crippen LogP contribution >= 0.6 is 11.6 Å². The Morgan fingerprint density at radius 3 is 2.33 bits per heavy atom. The SMILES string of the molecule is COc1ccc(-c2oc3c(c2CC(=O)NCCS(N)(=O)=O)C(=O)[C@@]2(Oc4c(Cl)c(OC)cc(OC)c4C2=O)[C@H](C)C3)cc1. The lowest BCUT2D eigenvalue weighted by Crippen LogP contribution is -2.56. The average Bonchev–Trinajstić information content (AvgIpc) is 3.48. The molecule has 228 valence electrons. The molecule has 3 aromatic rings. The molecule has 2 heterocycles. The molecule has 0 saturated carbocycles. The molecule has 0 fully saturated rings. The van der Waals surface area contributed by atoms with Crippen molar-refractivity contribution in [2.75, 3.05) is 33.6 Å². The molecule has 0 bridgehead atoms. The number of rotatable bonds is 9. The van der Waals surface area contributed by atoms with Crippen molar-refractivity contribution in [2.45, 2.75) is 25.4 Å². The lowest BCUT2D eigenvalue weighted by atomic mass is 9.70. The third-order valence-electron chi connectivity index (χ3n) is 7.65. The van der Waals surface area contributed by atoms with E-state index < -0.39 is 44.8 Å². The number of nitrogens with one attached hydrogen (secondary N) is 1. The summed E-state index contributed by atoms with van der Waals surface area (Å²) < 4.78 is 51.1. The van der Waals surface area contributed by atoms with Crippen LogP contribution in [0.25, 0.3) is 11.3 Å². The molecular formula is C29H29ClN2O10S. The number of halogens is 1. The molecule has 2 aromatic carbocycles. The fraction of sp³-hybridized carbons (Fsp3) is 0.345. The lowest BCUT2D eigenvalue weighted by Gasteiger charge is -2.35. The Morgan fingerprint density at radius 1 is 1.07 bits per heavy atom. The van der Waals surface area contributed by atoms with Gasteiger partial charge < -0.3 is 28.7 Å². The van der Waals surface area contributed by atoms with Crippen LogP contribution in [0, 0.1) is 5.92 Å². The number of carbonyl (C=O) groups excluding carboxylic acids is 3. The third-order valence-corrected chi connectivity index (χ3v) is 8.78. The Labute approximate surface area is 252 Å². The fourth-order valence-corrected chi connectivity index (χ4v) is 6.18. The Kier molecular flexibility index (Phi) is 7.92. The molecule has 1 aliphatic heterocycles. The van der Waals surface area contributed by atoms with Gasteiger partial charge in [-0.15, -0.1) is 0 Å². The molecule has 3 N–H and O–H groups in total. The Hall–Kier alpha value is -4.07. The fourth-order valence-electron chi connectivity index (χ4n) is 5.53. The molecule has 0 saturated heterocycles. The van der Waals surface area contributed by atoms with Gasteiger partial charge in [-0.3, -0.25) is 14.4 Å². The van der Waals surface area contributed by atoms with Gasteiger partial charge in [-0.05, 0) is 24.3 Å². The van der Waals surface area contributed by atoms with E-state index >= 15 is 0 Å². The van der Waals surface area contributed by atoms with Crippen molar-refractivity contribution in [1.82, 2.24) is 5.32 Å². The number of ketones is 2. The first-order valence-corrected chi connectivity index (χ1v) is 15.2. The molecule has 2 aliphatic rings. The number of furan rings is 1. The molecule has 1 aromatic heterocycles. The monoisotopic (exact) mass is 632 g/mol. The molecule has 5 rings (SSSR count). The molecular weight excluding hydrogens is 604 g/mol. The molecule has 2 atom stereocenters. The van der Waals surface area contributed by atoms with Gasteiger partial charge in [-0.25, -0.2) is 13.6 Å². The highest BCUT2D eigenvalue weighted by molar-refractivity contribution is 7.89. The normalized spacial score (nSPS) is 19.1. The first-order chi connectivity index (χ1) is 20.4. The Bertz CT molecular complexity index is 1750. The second kappa shape index (κ2) is 11.2. The zero-order valence-corrected chi connectivity index (χ0v) is 25.3. The zero-order chi connectivity index (χ0) is 31.3. The van der Waals surface area contributed by atoms with Crippen molar-refractivity contribution >= 4 is 39.1 Å². The zero-order valence-electron chi connectivity index (χ0n) is 23.7. The highest BCUT2D eigenvalue weighted by Crippen LogP contribution is 2.54. The minimum atomic E-state index is -3.81. The summed E-state index contributed by atoms with van der Waals surface area (Å²) in [6, 6.07) is 8.25. The minimum Gasteiger partial charge on any atom is -0.497 e. The first-order valence-electron chi connectivity index (χ1n) is 13.1. The highest BCUT2D eigenvalue weighted by atomic mass is 35.5. The number of hydrogen-bond acceptors (Lipinski definition) is 10. The van der Waals surface area contributed by atoms with Crippen LogP contribution in [-0.4, -0.2) is 65.1 Å². The third kappa shape index (κ3) is 5.11. The molecule has 0 unspecified atom stereocenters. The summed E-state index contributed by atoms with van der Waals surface area (Å²) in [6.07, 6.45) is -0.242. The van der Waals surface area contributed by atoms with Gasteiger partial charge in [0.1, 0.15) is 39.4 Å². The quantitative estimate of drug-likeness (QED) is 0.334. The molecule has 12 nitrogen and oxygen atoms in total. The van der Waals surface area contributed by atoms with Crippen LogP contribution < -0.4 is 29.4 Å². The number of primary sulfonamides is 1. The summed E-state index contributed by atoms with van der Waals surface area (Å²) >= 11 is 6.53. The molecule has 0 radical (unpaired) electrons. The number of nitrogens with two attached hydrogens (primary N) is 1. The maximum Gasteiger partial charge on any atom is 0.237 e. The minimum absolute atomic E-state index is 0.00916. The van der Waals surface area contributed by atoms with Gasteiger partial charge in [0, 0.05) is 36.1 Å². The number of hydrogen-bond donors (Lipinski definition) is 2. The van der Waals surface area contributed by atoms with Crippen LogP contribution in [0.15, 0.2) is 34.7 Å². The molecule has 1 aliphatic carbocycles. The lowest BCUT2D eigenvalue weighted by molar-refractivity contribution is -0.120. The summed E-state index contributed by atoms with van der Waals surface area (Å²) in [5, 5.41) is 7.56. The van der Waals surface area contributed by atoms with Crippen molar-refractivity contribution in [3.63, 3.8) is 0 Å². The maximum absolute atomic E-state index is 14.5. The first kappa shape index (κ1) is 30.4. The molecule has 14 heteroatoms. The predicted octanol–water partition coefficient (Wildman–Crippen LogP) is 2.96.